The predicted octanol–water partition coefficient (Wildman–Crippen LogP) is 28.0. The van der Waals surface area contributed by atoms with Crippen molar-refractivity contribution in [3.63, 3.8) is 0 Å². The highest BCUT2D eigenvalue weighted by molar-refractivity contribution is 5.00. The summed E-state index contributed by atoms with van der Waals surface area (Å²) in [6, 6.07) is 0. The second kappa shape index (κ2) is 49.8. The van der Waals surface area contributed by atoms with Gasteiger partial charge in [-0.3, -0.25) is 0 Å². The average molecular weight is 1610 g/mol. The molecule has 0 aliphatic heterocycles. The average Bonchev–Trinajstić information content (AvgIpc) is 0.777. The summed E-state index contributed by atoms with van der Waals surface area (Å²) in [6.45, 7) is 92.6. The van der Waals surface area contributed by atoms with Gasteiger partial charge in [0.05, 0.1) is 48.8 Å². The van der Waals surface area contributed by atoms with Crippen LogP contribution in [0.2, 0.25) is 0 Å². The highest BCUT2D eigenvalue weighted by Crippen LogP contribution is 2.54. The number of allylic oxidation sites excluding steroid dienone is 1. The van der Waals surface area contributed by atoms with Crippen molar-refractivity contribution in [2.45, 2.75) is 467 Å². The molecule has 0 bridgehead atoms. The van der Waals surface area contributed by atoms with E-state index in [9.17, 15) is 40.9 Å². The zero-order valence-electron chi connectivity index (χ0n) is 83.9. The van der Waals surface area contributed by atoms with Gasteiger partial charge in [0.1, 0.15) is 0 Å². The summed E-state index contributed by atoms with van der Waals surface area (Å²) in [7, 11) is 0. The molecule has 8 fully saturated rings. The molecule has 0 saturated heterocycles. The Morgan fingerprint density at radius 3 is 0.877 bits per heavy atom. The smallest absolute Gasteiger partial charge is 0.0606 e. The summed E-state index contributed by atoms with van der Waals surface area (Å²) in [5.74, 6) is 17.4. The summed E-state index contributed by atoms with van der Waals surface area (Å²) in [6.07, 6.45) is 28.3. The van der Waals surface area contributed by atoms with Crippen LogP contribution >= 0.6 is 0 Å². The standard InChI is InChI=1S/C18H36O.2C15H30O.C13H26O.2C12H24O.C11H22O.C10H18O/c1-16(2,3)12-10-13(17(4,5)6)15(19)14(11-12)18(7,8)9;1-10-8-11(14(2,3)4)13(16)12(9-10)15(5,6)7;1-9(2)12-7-13(10(3)4)15(16)14(8-12)11(5)6;1-8(2)11-6-10(5)7-12(9(3)4)13(11)14;1-8-6-10(13)7-9(2)11(8)12(3,4)5;1-4-9-7-10(5-2)12(13)11(6-3)8-9;1-4-9-6-8(3)7-10(5-2)11(9)12;1-3-8(2)9-5-4-6-10(11)7-9/h12-15,19H,10-11H2,1-9H3;10-13,16H,8-9H2,1-7H3;9-16H,7-8H2,1-6H3;8-14H,6-7H2,1-5H3;8-11,13H,6-7H2,1-5H3;9-13H,4-8H2,1-3H3;8-12H,4-7H2,1-3H3;3,8-11H,1,4-7H2,2H3. The SMILES string of the molecule is C=CC(C)C1CCCC(O)C1.CC(C)(C)C1CC(C(C)(C)C)C(O)C(C(C)(C)C)C1.CC(C)C1CC(C(C)C)C(O)C(C(C)C)C1.CC1CC(C(C)(C)C)C(O)C(C(C)(C)C)C1.CC1CC(C(C)C)C(O)C(C(C)C)C1.CC1CC(O)CC(C)C1C(C)(C)C.CCC1CC(C)CC(CC)C1O.CCC1CC(CC)C(O)C(CC)C1. The van der Waals surface area contributed by atoms with Crippen LogP contribution in [0.4, 0.5) is 0 Å². The van der Waals surface area contributed by atoms with E-state index in [1.807, 2.05) is 6.08 Å². The van der Waals surface area contributed by atoms with E-state index in [1.165, 1.54) is 96.3 Å². The molecule has 0 amide bonds. The van der Waals surface area contributed by atoms with Crippen molar-refractivity contribution in [2.75, 3.05) is 0 Å². The maximum absolute atomic E-state index is 10.9. The molecule has 0 aromatic heterocycles. The van der Waals surface area contributed by atoms with Crippen LogP contribution in [0.15, 0.2) is 12.7 Å². The molecule has 0 aromatic carbocycles. The van der Waals surface area contributed by atoms with Crippen molar-refractivity contribution in [1.29, 1.82) is 0 Å². The summed E-state index contributed by atoms with van der Waals surface area (Å²) < 4.78 is 0. The van der Waals surface area contributed by atoms with Crippen LogP contribution in [0, 0.1) is 198 Å². The fraction of sp³-hybridized carbons (Fsp3) is 0.981. The normalized spacial score (nSPS) is 38.2. The van der Waals surface area contributed by atoms with Crippen molar-refractivity contribution in [3.8, 4) is 0 Å². The fourth-order valence-corrected chi connectivity index (χ4v) is 23.9. The van der Waals surface area contributed by atoms with Crippen molar-refractivity contribution < 1.29 is 40.9 Å². The van der Waals surface area contributed by atoms with E-state index in [-0.39, 0.29) is 70.5 Å². The minimum Gasteiger partial charge on any atom is -0.393 e. The first kappa shape index (κ1) is 111. The van der Waals surface area contributed by atoms with Gasteiger partial charge in [0.15, 0.2) is 0 Å². The van der Waals surface area contributed by atoms with Gasteiger partial charge < -0.3 is 40.9 Å². The lowest BCUT2D eigenvalue weighted by Crippen LogP contribution is -2.49. The van der Waals surface area contributed by atoms with Gasteiger partial charge in [-0.2, -0.15) is 0 Å². The Hall–Kier alpha value is -0.580. The highest BCUT2D eigenvalue weighted by Gasteiger charge is 2.50. The molecule has 8 nitrogen and oxygen atoms in total. The van der Waals surface area contributed by atoms with Crippen LogP contribution in [0.5, 0.6) is 0 Å². The molecular formula is C106H210O8. The Balaban J connectivity index is 0.000000655. The Morgan fingerprint density at radius 2 is 0.605 bits per heavy atom. The Morgan fingerprint density at radius 1 is 0.298 bits per heavy atom. The third-order valence-corrected chi connectivity index (χ3v) is 31.9. The van der Waals surface area contributed by atoms with Gasteiger partial charge in [0, 0.05) is 0 Å². The molecule has 0 aromatic rings. The molecule has 17 atom stereocenters. The van der Waals surface area contributed by atoms with Gasteiger partial charge in [-0.15, -0.1) is 6.58 Å². The van der Waals surface area contributed by atoms with E-state index in [1.54, 1.807) is 0 Å². The van der Waals surface area contributed by atoms with Gasteiger partial charge in [-0.1, -0.05) is 315 Å². The predicted molar refractivity (Wildman–Crippen MR) is 498 cm³/mol. The van der Waals surface area contributed by atoms with E-state index >= 15 is 0 Å². The van der Waals surface area contributed by atoms with Crippen molar-refractivity contribution >= 4 is 0 Å². The van der Waals surface area contributed by atoms with Crippen molar-refractivity contribution in [1.82, 2.24) is 0 Å². The first-order valence-electron chi connectivity index (χ1n) is 49.1. The molecular weight excluding hydrogens is 1400 g/mol. The molecule has 0 spiro atoms. The van der Waals surface area contributed by atoms with Gasteiger partial charge >= 0.3 is 0 Å². The molecule has 8 aliphatic carbocycles. The molecule has 8 saturated carbocycles. The van der Waals surface area contributed by atoms with Crippen molar-refractivity contribution in [2.24, 2.45) is 198 Å². The third-order valence-electron chi connectivity index (χ3n) is 31.9. The minimum atomic E-state index is -0.154. The largest absolute Gasteiger partial charge is 0.393 e. The maximum Gasteiger partial charge on any atom is 0.0606 e. The highest BCUT2D eigenvalue weighted by atomic mass is 16.3. The van der Waals surface area contributed by atoms with Gasteiger partial charge in [0.2, 0.25) is 0 Å². The summed E-state index contributed by atoms with van der Waals surface area (Å²) in [5.41, 5.74) is 1.54. The minimum absolute atomic E-state index is 0.0159. The van der Waals surface area contributed by atoms with E-state index in [0.717, 1.165) is 92.8 Å². The molecule has 0 radical (unpaired) electrons. The number of aliphatic hydroxyl groups excluding tert-OH is 8. The first-order valence-corrected chi connectivity index (χ1v) is 49.1. The quantitative estimate of drug-likeness (QED) is 0.0896. The van der Waals surface area contributed by atoms with E-state index in [4.69, 9.17) is 0 Å². The summed E-state index contributed by atoms with van der Waals surface area (Å²) in [5, 5.41) is 81.3. The van der Waals surface area contributed by atoms with Crippen LogP contribution in [0.25, 0.3) is 0 Å². The monoisotopic (exact) mass is 1610 g/mol. The van der Waals surface area contributed by atoms with Crippen LogP contribution in [-0.2, 0) is 0 Å². The van der Waals surface area contributed by atoms with Gasteiger partial charge in [0.25, 0.3) is 0 Å². The van der Waals surface area contributed by atoms with Crippen LogP contribution in [0.3, 0.4) is 0 Å². The molecule has 8 heteroatoms. The van der Waals surface area contributed by atoms with E-state index < -0.39 is 0 Å². The molecule has 8 aliphatic rings. The summed E-state index contributed by atoms with van der Waals surface area (Å²) in [4.78, 5) is 0. The number of hydrogen-bond donors (Lipinski definition) is 8. The molecule has 0 heterocycles. The maximum atomic E-state index is 10.9. The Labute approximate surface area is 714 Å². The Kier molecular flexibility index (Phi) is 48.7. The van der Waals surface area contributed by atoms with E-state index in [2.05, 4.69) is 277 Å². The second-order valence-corrected chi connectivity index (χ2v) is 49.3. The lowest BCUT2D eigenvalue weighted by atomic mass is 9.55. The lowest BCUT2D eigenvalue weighted by molar-refractivity contribution is -0.0991. The second-order valence-electron chi connectivity index (χ2n) is 49.3. The molecule has 8 N–H and O–H groups in total. The van der Waals surface area contributed by atoms with Crippen LogP contribution in [-0.4, -0.2) is 89.7 Å². The zero-order valence-corrected chi connectivity index (χ0v) is 83.9. The molecule has 8 rings (SSSR count). The zero-order chi connectivity index (χ0) is 88.8. The summed E-state index contributed by atoms with van der Waals surface area (Å²) >= 11 is 0. The molecule has 114 heavy (non-hydrogen) atoms. The number of aliphatic hydroxyl groups is 8. The van der Waals surface area contributed by atoms with Gasteiger partial charge in [-0.25, -0.2) is 0 Å². The lowest BCUT2D eigenvalue weighted by Gasteiger charge is -2.52. The Bertz CT molecular complexity index is 2370. The molecule has 682 valence electrons. The van der Waals surface area contributed by atoms with Crippen molar-refractivity contribution in [3.05, 3.63) is 12.7 Å². The number of rotatable bonds is 12. The fourth-order valence-electron chi connectivity index (χ4n) is 23.9. The van der Waals surface area contributed by atoms with Crippen LogP contribution in [0.1, 0.15) is 418 Å². The first-order chi connectivity index (χ1) is 52.0. The number of hydrogen-bond acceptors (Lipinski definition) is 8. The van der Waals surface area contributed by atoms with Crippen LogP contribution < -0.4 is 0 Å². The van der Waals surface area contributed by atoms with Gasteiger partial charge in [-0.05, 0) is 307 Å². The van der Waals surface area contributed by atoms with E-state index in [0.29, 0.717) is 135 Å². The molecule has 17 unspecified atom stereocenters. The topological polar surface area (TPSA) is 162 Å². The third kappa shape index (κ3) is 36.3.